The van der Waals surface area contributed by atoms with Gasteiger partial charge < -0.3 is 24.4 Å². The molecule has 0 fully saturated rings. The molecule has 1 N–H and O–H groups in total. The average molecular weight is 631 g/mol. The van der Waals surface area contributed by atoms with E-state index in [1.807, 2.05) is 91.0 Å². The van der Waals surface area contributed by atoms with E-state index < -0.39 is 23.8 Å². The Morgan fingerprint density at radius 1 is 0.766 bits per heavy atom. The summed E-state index contributed by atoms with van der Waals surface area (Å²) in [6, 6.07) is 35.3. The van der Waals surface area contributed by atoms with Gasteiger partial charge in [-0.2, -0.15) is 0 Å². The second-order valence-corrected chi connectivity index (χ2v) is 10.6. The lowest BCUT2D eigenvalue weighted by molar-refractivity contribution is -0.160. The number of methoxy groups -OCH3 is 1. The monoisotopic (exact) mass is 630 g/mol. The molecule has 0 bridgehead atoms. The number of anilines is 1. The van der Waals surface area contributed by atoms with Crippen molar-refractivity contribution < 1.29 is 33.4 Å². The van der Waals surface area contributed by atoms with Crippen LogP contribution >= 0.6 is 0 Å². The van der Waals surface area contributed by atoms with Crippen LogP contribution in [-0.4, -0.2) is 49.0 Å². The number of esters is 2. The van der Waals surface area contributed by atoms with Crippen LogP contribution in [0.5, 0.6) is 5.75 Å². The second kappa shape index (κ2) is 15.4. The van der Waals surface area contributed by atoms with Gasteiger partial charge in [0.05, 0.1) is 25.8 Å². The van der Waals surface area contributed by atoms with Gasteiger partial charge in [0.2, 0.25) is 0 Å². The number of ether oxygens (including phenoxy) is 3. The fourth-order valence-corrected chi connectivity index (χ4v) is 5.18. The molecule has 9 nitrogen and oxygen atoms in total. The van der Waals surface area contributed by atoms with Gasteiger partial charge in [0.15, 0.2) is 6.61 Å². The van der Waals surface area contributed by atoms with E-state index in [0.717, 1.165) is 27.5 Å². The van der Waals surface area contributed by atoms with Crippen LogP contribution < -0.4 is 10.1 Å². The minimum absolute atomic E-state index is 0.0144. The molecular formula is C38H34N2O7. The molecule has 238 valence electrons. The third kappa shape index (κ3) is 8.20. The highest BCUT2D eigenvalue weighted by Crippen LogP contribution is 2.33. The molecule has 0 aliphatic rings. The maximum Gasteiger partial charge on any atom is 0.397 e. The van der Waals surface area contributed by atoms with Crippen molar-refractivity contribution in [1.82, 2.24) is 4.90 Å². The van der Waals surface area contributed by atoms with E-state index in [2.05, 4.69) is 5.32 Å². The zero-order valence-corrected chi connectivity index (χ0v) is 26.1. The Morgan fingerprint density at radius 3 is 2.30 bits per heavy atom. The molecule has 9 heteroatoms. The summed E-state index contributed by atoms with van der Waals surface area (Å²) < 4.78 is 15.9. The van der Waals surface area contributed by atoms with Gasteiger partial charge in [-0.05, 0) is 58.7 Å². The zero-order chi connectivity index (χ0) is 33.2. The summed E-state index contributed by atoms with van der Waals surface area (Å²) >= 11 is 0. The maximum atomic E-state index is 13.3. The molecule has 0 atom stereocenters. The number of nitrogens with zero attached hydrogens (tertiary/aromatic N) is 1. The standard InChI is InChI=1S/C38H34N2O7/c1-3-46-38(44)36(42)40(23-26-11-5-4-6-12-26)24-30-20-19-28(33-18-10-14-27-13-7-8-17-32(27)33)22-34(30)47-25-35(41)39-31-16-9-15-29(21-31)37(43)45-2/h4-22H,3,23-25H2,1-2H3,(H,39,41). The summed E-state index contributed by atoms with van der Waals surface area (Å²) in [5.74, 6) is -2.36. The third-order valence-electron chi connectivity index (χ3n) is 7.41. The number of amides is 2. The molecule has 47 heavy (non-hydrogen) atoms. The molecule has 0 unspecified atom stereocenters. The highest BCUT2D eigenvalue weighted by atomic mass is 16.5. The average Bonchev–Trinajstić information content (AvgIpc) is 3.10. The molecule has 5 aromatic rings. The van der Waals surface area contributed by atoms with Crippen molar-refractivity contribution in [3.63, 3.8) is 0 Å². The van der Waals surface area contributed by atoms with E-state index in [0.29, 0.717) is 22.6 Å². The molecule has 0 saturated heterocycles. The van der Waals surface area contributed by atoms with Gasteiger partial charge in [0, 0.05) is 17.8 Å². The summed E-state index contributed by atoms with van der Waals surface area (Å²) in [5.41, 5.74) is 3.92. The first-order valence-corrected chi connectivity index (χ1v) is 15.1. The number of hydrogen-bond donors (Lipinski definition) is 1. The summed E-state index contributed by atoms with van der Waals surface area (Å²) in [6.45, 7) is 1.51. The molecule has 2 amide bonds. The molecule has 0 heterocycles. The van der Waals surface area contributed by atoms with Crippen LogP contribution in [0, 0.1) is 0 Å². The highest BCUT2D eigenvalue weighted by molar-refractivity contribution is 6.32. The van der Waals surface area contributed by atoms with Gasteiger partial charge in [-0.3, -0.25) is 9.59 Å². The zero-order valence-electron chi connectivity index (χ0n) is 26.1. The van der Waals surface area contributed by atoms with Crippen molar-refractivity contribution in [1.29, 1.82) is 0 Å². The molecule has 0 aromatic heterocycles. The van der Waals surface area contributed by atoms with E-state index in [4.69, 9.17) is 14.2 Å². The van der Waals surface area contributed by atoms with Crippen molar-refractivity contribution in [2.24, 2.45) is 0 Å². The number of carbonyl (C=O) groups is 4. The molecule has 0 aliphatic carbocycles. The Hall–Kier alpha value is -5.96. The van der Waals surface area contributed by atoms with Gasteiger partial charge in [-0.1, -0.05) is 91.0 Å². The molecule has 0 aliphatic heterocycles. The summed E-state index contributed by atoms with van der Waals surface area (Å²) in [7, 11) is 1.28. The fourth-order valence-electron chi connectivity index (χ4n) is 5.18. The van der Waals surface area contributed by atoms with Crippen molar-refractivity contribution >= 4 is 40.2 Å². The first-order chi connectivity index (χ1) is 22.9. The minimum atomic E-state index is -0.952. The van der Waals surface area contributed by atoms with E-state index in [9.17, 15) is 19.2 Å². The molecule has 0 saturated carbocycles. The van der Waals surface area contributed by atoms with Crippen LogP contribution in [0.3, 0.4) is 0 Å². The Bertz CT molecular complexity index is 1900. The molecule has 0 spiro atoms. The number of carbonyl (C=O) groups excluding carboxylic acids is 4. The van der Waals surface area contributed by atoms with Crippen LogP contribution in [0.15, 0.2) is 115 Å². The summed E-state index contributed by atoms with van der Waals surface area (Å²) in [5, 5.41) is 4.86. The predicted octanol–water partition coefficient (Wildman–Crippen LogP) is 6.40. The highest BCUT2D eigenvalue weighted by Gasteiger charge is 2.25. The first kappa shape index (κ1) is 32.4. The van der Waals surface area contributed by atoms with Crippen LogP contribution in [0.25, 0.3) is 21.9 Å². The van der Waals surface area contributed by atoms with Gasteiger partial charge in [-0.15, -0.1) is 0 Å². The van der Waals surface area contributed by atoms with Crippen molar-refractivity contribution in [3.8, 4) is 16.9 Å². The number of hydrogen-bond acceptors (Lipinski definition) is 7. The van der Waals surface area contributed by atoms with Crippen LogP contribution in [0.2, 0.25) is 0 Å². The Balaban J connectivity index is 1.46. The minimum Gasteiger partial charge on any atom is -0.483 e. The van der Waals surface area contributed by atoms with Gasteiger partial charge in [-0.25, -0.2) is 9.59 Å². The van der Waals surface area contributed by atoms with Crippen LogP contribution in [-0.2, 0) is 36.9 Å². The topological polar surface area (TPSA) is 111 Å². The summed E-state index contributed by atoms with van der Waals surface area (Å²) in [6.07, 6.45) is 0. The van der Waals surface area contributed by atoms with Crippen molar-refractivity contribution in [2.75, 3.05) is 25.6 Å². The third-order valence-corrected chi connectivity index (χ3v) is 7.41. The molecule has 0 radical (unpaired) electrons. The predicted molar refractivity (Wildman–Crippen MR) is 179 cm³/mol. The summed E-state index contributed by atoms with van der Waals surface area (Å²) in [4.78, 5) is 52.2. The van der Waals surface area contributed by atoms with Gasteiger partial charge in [0.25, 0.3) is 5.91 Å². The Kier molecular flexibility index (Phi) is 10.6. The Morgan fingerprint density at radius 2 is 1.51 bits per heavy atom. The largest absolute Gasteiger partial charge is 0.483 e. The smallest absolute Gasteiger partial charge is 0.397 e. The quantitative estimate of drug-likeness (QED) is 0.133. The lowest BCUT2D eigenvalue weighted by atomic mass is 9.97. The fraction of sp³-hybridized carbons (Fsp3) is 0.158. The van der Waals surface area contributed by atoms with Crippen molar-refractivity contribution in [2.45, 2.75) is 20.0 Å². The molecule has 5 aromatic carbocycles. The molecular weight excluding hydrogens is 596 g/mol. The van der Waals surface area contributed by atoms with Crippen molar-refractivity contribution in [3.05, 3.63) is 132 Å². The normalized spacial score (nSPS) is 10.6. The second-order valence-electron chi connectivity index (χ2n) is 10.6. The maximum absolute atomic E-state index is 13.3. The number of rotatable bonds is 11. The van der Waals surface area contributed by atoms with Crippen LogP contribution in [0.1, 0.15) is 28.4 Å². The van der Waals surface area contributed by atoms with E-state index in [1.165, 1.54) is 18.1 Å². The van der Waals surface area contributed by atoms with Crippen LogP contribution in [0.4, 0.5) is 5.69 Å². The number of benzene rings is 5. The SMILES string of the molecule is CCOC(=O)C(=O)N(Cc1ccccc1)Cc1ccc(-c2cccc3ccccc23)cc1OCC(=O)Nc1cccc(C(=O)OC)c1. The van der Waals surface area contributed by atoms with E-state index >= 15 is 0 Å². The van der Waals surface area contributed by atoms with E-state index in [-0.39, 0.29) is 26.3 Å². The number of nitrogens with one attached hydrogen (secondary N) is 1. The number of fused-ring (bicyclic) bond motifs is 1. The van der Waals surface area contributed by atoms with E-state index in [1.54, 1.807) is 25.1 Å². The molecule has 5 rings (SSSR count). The lowest BCUT2D eigenvalue weighted by Gasteiger charge is -2.24. The van der Waals surface area contributed by atoms with Gasteiger partial charge >= 0.3 is 17.8 Å². The van der Waals surface area contributed by atoms with Gasteiger partial charge in [0.1, 0.15) is 5.75 Å². The lowest BCUT2D eigenvalue weighted by Crippen LogP contribution is -2.37. The Labute approximate surface area is 272 Å². The first-order valence-electron chi connectivity index (χ1n) is 15.1.